The van der Waals surface area contributed by atoms with Crippen molar-refractivity contribution in [1.82, 2.24) is 9.71 Å². The number of aliphatic hydroxyl groups excluding tert-OH is 1. The summed E-state index contributed by atoms with van der Waals surface area (Å²) in [6.45, 7) is 2.33. The molecule has 0 unspecified atom stereocenters. The lowest BCUT2D eigenvalue weighted by Gasteiger charge is -2.04. The molecule has 0 radical (unpaired) electrons. The number of thiazole rings is 1. The third-order valence-electron chi connectivity index (χ3n) is 2.15. The molecule has 0 aromatic carbocycles. The molecule has 0 atom stereocenters. The second-order valence-corrected chi connectivity index (χ2v) is 6.65. The molecule has 0 aliphatic rings. The van der Waals surface area contributed by atoms with Crippen LogP contribution in [0.2, 0.25) is 0 Å². The van der Waals surface area contributed by atoms with Gasteiger partial charge in [-0.3, -0.25) is 0 Å². The quantitative estimate of drug-likeness (QED) is 0.686. The van der Waals surface area contributed by atoms with Gasteiger partial charge in [0.1, 0.15) is 0 Å². The monoisotopic (exact) mass is 278 g/mol. The van der Waals surface area contributed by atoms with Gasteiger partial charge in [0.05, 0.1) is 10.8 Å². The Morgan fingerprint density at radius 1 is 1.47 bits per heavy atom. The average Bonchev–Trinajstić information content (AvgIpc) is 2.64. The summed E-state index contributed by atoms with van der Waals surface area (Å²) in [7, 11) is -3.20. The van der Waals surface area contributed by atoms with Gasteiger partial charge in [0.25, 0.3) is 0 Å². The van der Waals surface area contributed by atoms with Crippen LogP contribution in [0.4, 0.5) is 0 Å². The standard InChI is InChI=1S/C10H18N2O3S2/c1-9-8-16-10(12-9)4-5-11-17(14,15)7-3-2-6-13/h8,11,13H,2-7H2,1H3. The molecule has 7 heteroatoms. The molecule has 0 saturated carbocycles. The molecule has 5 nitrogen and oxygen atoms in total. The number of sulfonamides is 1. The van der Waals surface area contributed by atoms with E-state index in [4.69, 9.17) is 5.11 Å². The highest BCUT2D eigenvalue weighted by atomic mass is 32.2. The Bertz CT molecular complexity index is 429. The van der Waals surface area contributed by atoms with Gasteiger partial charge in [0.15, 0.2) is 0 Å². The number of nitrogens with one attached hydrogen (secondary N) is 1. The molecule has 0 saturated heterocycles. The van der Waals surface area contributed by atoms with Gasteiger partial charge in [-0.05, 0) is 19.8 Å². The van der Waals surface area contributed by atoms with Crippen LogP contribution in [0.15, 0.2) is 5.38 Å². The molecular formula is C10H18N2O3S2. The summed E-state index contributed by atoms with van der Waals surface area (Å²) in [5.41, 5.74) is 0.968. The van der Waals surface area contributed by atoms with Crippen LogP contribution in [0.5, 0.6) is 0 Å². The number of hydrogen-bond acceptors (Lipinski definition) is 5. The summed E-state index contributed by atoms with van der Waals surface area (Å²) in [6, 6.07) is 0. The fourth-order valence-electron chi connectivity index (χ4n) is 1.31. The summed E-state index contributed by atoms with van der Waals surface area (Å²) in [6.07, 6.45) is 1.63. The van der Waals surface area contributed by atoms with Crippen molar-refractivity contribution < 1.29 is 13.5 Å². The van der Waals surface area contributed by atoms with E-state index in [9.17, 15) is 8.42 Å². The van der Waals surface area contributed by atoms with Gasteiger partial charge >= 0.3 is 0 Å². The zero-order valence-electron chi connectivity index (χ0n) is 9.85. The Labute approximate surface area is 106 Å². The Kier molecular flexibility index (Phi) is 6.04. The number of aliphatic hydroxyl groups is 1. The maximum atomic E-state index is 11.5. The molecule has 0 aliphatic heterocycles. The molecule has 0 fully saturated rings. The number of rotatable bonds is 8. The highest BCUT2D eigenvalue weighted by Crippen LogP contribution is 2.08. The van der Waals surface area contributed by atoms with Crippen molar-refractivity contribution in [3.05, 3.63) is 16.1 Å². The zero-order valence-corrected chi connectivity index (χ0v) is 11.5. The largest absolute Gasteiger partial charge is 0.396 e. The maximum Gasteiger partial charge on any atom is 0.211 e. The normalized spacial score (nSPS) is 11.9. The van der Waals surface area contributed by atoms with Crippen LogP contribution in [0.25, 0.3) is 0 Å². The van der Waals surface area contributed by atoms with Crippen molar-refractivity contribution in [3.8, 4) is 0 Å². The van der Waals surface area contributed by atoms with Crippen LogP contribution in [0.1, 0.15) is 23.5 Å². The Morgan fingerprint density at radius 2 is 2.24 bits per heavy atom. The van der Waals surface area contributed by atoms with Crippen LogP contribution < -0.4 is 4.72 Å². The first-order chi connectivity index (χ1) is 8.03. The minimum atomic E-state index is -3.20. The summed E-state index contributed by atoms with van der Waals surface area (Å²) >= 11 is 1.54. The lowest BCUT2D eigenvalue weighted by molar-refractivity contribution is 0.287. The third-order valence-corrected chi connectivity index (χ3v) is 4.65. The number of unbranched alkanes of at least 4 members (excludes halogenated alkanes) is 1. The fourth-order valence-corrected chi connectivity index (χ4v) is 3.22. The van der Waals surface area contributed by atoms with E-state index in [1.165, 1.54) is 0 Å². The van der Waals surface area contributed by atoms with Crippen molar-refractivity contribution >= 4 is 21.4 Å². The highest BCUT2D eigenvalue weighted by molar-refractivity contribution is 7.89. The minimum Gasteiger partial charge on any atom is -0.396 e. The van der Waals surface area contributed by atoms with E-state index in [2.05, 4.69) is 9.71 Å². The van der Waals surface area contributed by atoms with E-state index in [1.54, 1.807) is 11.3 Å². The van der Waals surface area contributed by atoms with E-state index < -0.39 is 10.0 Å². The Hall–Kier alpha value is -0.500. The molecule has 1 heterocycles. The summed E-state index contributed by atoms with van der Waals surface area (Å²) in [4.78, 5) is 4.26. The molecular weight excluding hydrogens is 260 g/mol. The van der Waals surface area contributed by atoms with Crippen molar-refractivity contribution in [2.45, 2.75) is 26.2 Å². The molecule has 1 aromatic rings. The third kappa shape index (κ3) is 6.11. The van der Waals surface area contributed by atoms with Crippen LogP contribution in [-0.4, -0.2) is 37.4 Å². The summed E-state index contributed by atoms with van der Waals surface area (Å²) in [5, 5.41) is 11.5. The van der Waals surface area contributed by atoms with Gasteiger partial charge in [0.2, 0.25) is 10.0 Å². The van der Waals surface area contributed by atoms with Gasteiger partial charge in [-0.2, -0.15) is 0 Å². The lowest BCUT2D eigenvalue weighted by atomic mass is 10.4. The van der Waals surface area contributed by atoms with E-state index >= 15 is 0 Å². The van der Waals surface area contributed by atoms with Gasteiger partial charge < -0.3 is 5.11 Å². The van der Waals surface area contributed by atoms with Gasteiger partial charge in [-0.15, -0.1) is 11.3 Å². The van der Waals surface area contributed by atoms with Crippen molar-refractivity contribution in [2.75, 3.05) is 18.9 Å². The second kappa shape index (κ2) is 7.05. The first-order valence-electron chi connectivity index (χ1n) is 5.53. The number of aryl methyl sites for hydroxylation is 1. The van der Waals surface area contributed by atoms with E-state index in [0.29, 0.717) is 25.8 Å². The zero-order chi connectivity index (χ0) is 12.7. The van der Waals surface area contributed by atoms with Crippen LogP contribution in [-0.2, 0) is 16.4 Å². The van der Waals surface area contributed by atoms with Gasteiger partial charge in [0, 0.05) is 30.6 Å². The molecule has 0 bridgehead atoms. The Balaban J connectivity index is 2.25. The first-order valence-corrected chi connectivity index (χ1v) is 8.06. The summed E-state index contributed by atoms with van der Waals surface area (Å²) in [5.74, 6) is 0.0739. The number of aromatic nitrogens is 1. The predicted molar refractivity (Wildman–Crippen MR) is 68.7 cm³/mol. The molecule has 0 aliphatic carbocycles. The van der Waals surface area contributed by atoms with Crippen LogP contribution in [0, 0.1) is 6.92 Å². The molecule has 0 amide bonds. The van der Waals surface area contributed by atoms with E-state index in [0.717, 1.165) is 10.7 Å². The average molecular weight is 278 g/mol. The minimum absolute atomic E-state index is 0.0356. The molecule has 98 valence electrons. The SMILES string of the molecule is Cc1csc(CCNS(=O)(=O)CCCCO)n1. The van der Waals surface area contributed by atoms with Gasteiger partial charge in [-0.1, -0.05) is 0 Å². The number of hydrogen-bond donors (Lipinski definition) is 2. The maximum absolute atomic E-state index is 11.5. The summed E-state index contributed by atoms with van der Waals surface area (Å²) < 4.78 is 25.5. The van der Waals surface area contributed by atoms with Gasteiger partial charge in [-0.25, -0.2) is 18.1 Å². The molecule has 2 N–H and O–H groups in total. The van der Waals surface area contributed by atoms with E-state index in [1.807, 2.05) is 12.3 Å². The lowest BCUT2D eigenvalue weighted by Crippen LogP contribution is -2.28. The predicted octanol–water partition coefficient (Wildman–Crippen LogP) is 0.686. The second-order valence-electron chi connectivity index (χ2n) is 3.78. The molecule has 0 spiro atoms. The van der Waals surface area contributed by atoms with Crippen molar-refractivity contribution in [2.24, 2.45) is 0 Å². The first kappa shape index (κ1) is 14.6. The Morgan fingerprint density at radius 3 is 2.82 bits per heavy atom. The molecule has 17 heavy (non-hydrogen) atoms. The van der Waals surface area contributed by atoms with Crippen molar-refractivity contribution in [3.63, 3.8) is 0 Å². The van der Waals surface area contributed by atoms with Crippen molar-refractivity contribution in [1.29, 1.82) is 0 Å². The van der Waals surface area contributed by atoms with Crippen LogP contribution >= 0.6 is 11.3 Å². The van der Waals surface area contributed by atoms with E-state index in [-0.39, 0.29) is 12.4 Å². The topological polar surface area (TPSA) is 79.3 Å². The number of nitrogens with zero attached hydrogens (tertiary/aromatic N) is 1. The smallest absolute Gasteiger partial charge is 0.211 e. The molecule has 1 rings (SSSR count). The highest BCUT2D eigenvalue weighted by Gasteiger charge is 2.09. The fraction of sp³-hybridized carbons (Fsp3) is 0.700. The molecule has 1 aromatic heterocycles. The van der Waals surface area contributed by atoms with Crippen LogP contribution in [0.3, 0.4) is 0 Å².